The molecule has 1 heterocycles. The molecule has 0 spiro atoms. The van der Waals surface area contributed by atoms with Crippen molar-refractivity contribution >= 4 is 17.5 Å². The quantitative estimate of drug-likeness (QED) is 0.849. The van der Waals surface area contributed by atoms with E-state index in [1.165, 1.54) is 12.0 Å². The van der Waals surface area contributed by atoms with Crippen LogP contribution in [0.25, 0.3) is 0 Å². The lowest BCUT2D eigenvalue weighted by molar-refractivity contribution is -0.160. The molecule has 2 amide bonds. The first-order valence-electron chi connectivity index (χ1n) is 6.97. The van der Waals surface area contributed by atoms with Gasteiger partial charge in [-0.25, -0.2) is 0 Å². The zero-order chi connectivity index (χ0) is 17.2. The Kier molecular flexibility index (Phi) is 4.82. The van der Waals surface area contributed by atoms with E-state index >= 15 is 0 Å². The van der Waals surface area contributed by atoms with Crippen molar-refractivity contribution < 1.29 is 27.5 Å². The van der Waals surface area contributed by atoms with Crippen LogP contribution in [0.4, 0.5) is 18.9 Å². The molecule has 23 heavy (non-hydrogen) atoms. The van der Waals surface area contributed by atoms with Crippen molar-refractivity contribution in [3.63, 3.8) is 0 Å². The summed E-state index contributed by atoms with van der Waals surface area (Å²) in [4.78, 5) is 26.2. The van der Waals surface area contributed by atoms with Crippen molar-refractivity contribution in [2.24, 2.45) is 5.92 Å². The number of anilines is 1. The van der Waals surface area contributed by atoms with Crippen molar-refractivity contribution in [2.45, 2.75) is 12.6 Å². The SMILES string of the molecule is COc1ccc(N2C[C@@H](C(=O)N(C)CC(F)(F)F)CC2=O)cc1. The van der Waals surface area contributed by atoms with Gasteiger partial charge in [-0.05, 0) is 24.3 Å². The number of halogens is 3. The molecule has 1 aliphatic rings. The molecule has 126 valence electrons. The van der Waals surface area contributed by atoms with E-state index in [4.69, 9.17) is 4.74 Å². The number of carbonyl (C=O) groups is 2. The molecular weight excluding hydrogens is 313 g/mol. The Morgan fingerprint density at radius 3 is 2.48 bits per heavy atom. The number of alkyl halides is 3. The third-order valence-electron chi connectivity index (χ3n) is 3.65. The van der Waals surface area contributed by atoms with Gasteiger partial charge in [0.1, 0.15) is 12.3 Å². The number of carbonyl (C=O) groups excluding carboxylic acids is 2. The summed E-state index contributed by atoms with van der Waals surface area (Å²) < 4.78 is 42.1. The maximum absolute atomic E-state index is 12.4. The predicted molar refractivity (Wildman–Crippen MR) is 77.1 cm³/mol. The maximum Gasteiger partial charge on any atom is 0.406 e. The summed E-state index contributed by atoms with van der Waals surface area (Å²) in [7, 11) is 2.61. The van der Waals surface area contributed by atoms with Crippen molar-refractivity contribution in [3.05, 3.63) is 24.3 Å². The summed E-state index contributed by atoms with van der Waals surface area (Å²) in [6.45, 7) is -1.24. The van der Waals surface area contributed by atoms with E-state index in [1.807, 2.05) is 0 Å². The number of nitrogens with zero attached hydrogens (tertiary/aromatic N) is 2. The smallest absolute Gasteiger partial charge is 0.406 e. The highest BCUT2D eigenvalue weighted by Crippen LogP contribution is 2.28. The summed E-state index contributed by atoms with van der Waals surface area (Å²) in [6.07, 6.45) is -4.55. The van der Waals surface area contributed by atoms with Crippen LogP contribution >= 0.6 is 0 Å². The van der Waals surface area contributed by atoms with Gasteiger partial charge in [-0.2, -0.15) is 13.2 Å². The van der Waals surface area contributed by atoms with Gasteiger partial charge in [0, 0.05) is 25.7 Å². The number of ether oxygens (including phenoxy) is 1. The number of rotatable bonds is 4. The molecular formula is C15H17F3N2O3. The van der Waals surface area contributed by atoms with E-state index in [2.05, 4.69) is 0 Å². The molecule has 1 fully saturated rings. The molecule has 1 atom stereocenters. The molecule has 0 N–H and O–H groups in total. The van der Waals surface area contributed by atoms with Crippen LogP contribution in [0, 0.1) is 5.92 Å². The fourth-order valence-electron chi connectivity index (χ4n) is 2.54. The first-order chi connectivity index (χ1) is 10.7. The lowest BCUT2D eigenvalue weighted by Gasteiger charge is -2.22. The second-order valence-electron chi connectivity index (χ2n) is 5.41. The molecule has 0 aromatic heterocycles. The molecule has 0 radical (unpaired) electrons. The van der Waals surface area contributed by atoms with Crippen LogP contribution in [0.15, 0.2) is 24.3 Å². The molecule has 8 heteroatoms. The van der Waals surface area contributed by atoms with Crippen molar-refractivity contribution in [1.82, 2.24) is 4.90 Å². The minimum absolute atomic E-state index is 0.0756. The van der Waals surface area contributed by atoms with Gasteiger partial charge in [0.15, 0.2) is 0 Å². The summed E-state index contributed by atoms with van der Waals surface area (Å²) in [6, 6.07) is 6.69. The van der Waals surface area contributed by atoms with E-state index < -0.39 is 24.5 Å². The number of hydrogen-bond donors (Lipinski definition) is 0. The van der Waals surface area contributed by atoms with Gasteiger partial charge in [-0.15, -0.1) is 0 Å². The second-order valence-corrected chi connectivity index (χ2v) is 5.41. The molecule has 1 saturated heterocycles. The van der Waals surface area contributed by atoms with Crippen LogP contribution in [0.2, 0.25) is 0 Å². The first kappa shape index (κ1) is 17.1. The standard InChI is InChI=1S/C15H17F3N2O3/c1-19(9-15(16,17)18)14(22)10-7-13(21)20(8-10)11-3-5-12(23-2)6-4-11/h3-6,10H,7-9H2,1-2H3/t10-/m0/s1. The van der Waals surface area contributed by atoms with Gasteiger partial charge in [0.2, 0.25) is 11.8 Å². The molecule has 1 aliphatic heterocycles. The molecule has 1 aromatic rings. The third-order valence-corrected chi connectivity index (χ3v) is 3.65. The fraction of sp³-hybridized carbons (Fsp3) is 0.467. The molecule has 5 nitrogen and oxygen atoms in total. The molecule has 1 aromatic carbocycles. The highest BCUT2D eigenvalue weighted by atomic mass is 19.4. The first-order valence-corrected chi connectivity index (χ1v) is 6.97. The predicted octanol–water partition coefficient (Wildman–Crippen LogP) is 2.07. The van der Waals surface area contributed by atoms with E-state index in [0.717, 1.165) is 7.05 Å². The Balaban J connectivity index is 2.05. The zero-order valence-electron chi connectivity index (χ0n) is 12.8. The minimum atomic E-state index is -4.46. The zero-order valence-corrected chi connectivity index (χ0v) is 12.8. The average Bonchev–Trinajstić information content (AvgIpc) is 2.86. The lowest BCUT2D eigenvalue weighted by Crippen LogP contribution is -2.40. The van der Waals surface area contributed by atoms with Gasteiger partial charge < -0.3 is 14.5 Å². The molecule has 0 aliphatic carbocycles. The van der Waals surface area contributed by atoms with E-state index in [9.17, 15) is 22.8 Å². The number of amides is 2. The molecule has 0 unspecified atom stereocenters. The average molecular weight is 330 g/mol. The van der Waals surface area contributed by atoms with E-state index in [1.54, 1.807) is 24.3 Å². The Bertz CT molecular complexity index is 587. The van der Waals surface area contributed by atoms with Crippen molar-refractivity contribution in [3.8, 4) is 5.75 Å². The van der Waals surface area contributed by atoms with Crippen LogP contribution < -0.4 is 9.64 Å². The molecule has 2 rings (SSSR count). The van der Waals surface area contributed by atoms with Gasteiger partial charge >= 0.3 is 6.18 Å². The van der Waals surface area contributed by atoms with Crippen LogP contribution in [-0.2, 0) is 9.59 Å². The Labute approximate surface area is 131 Å². The summed E-state index contributed by atoms with van der Waals surface area (Å²) >= 11 is 0. The fourth-order valence-corrected chi connectivity index (χ4v) is 2.54. The van der Waals surface area contributed by atoms with E-state index in [0.29, 0.717) is 16.3 Å². The largest absolute Gasteiger partial charge is 0.497 e. The van der Waals surface area contributed by atoms with Crippen LogP contribution in [-0.4, -0.2) is 50.1 Å². The topological polar surface area (TPSA) is 49.9 Å². The number of hydrogen-bond acceptors (Lipinski definition) is 3. The van der Waals surface area contributed by atoms with Crippen LogP contribution in [0.3, 0.4) is 0 Å². The number of benzene rings is 1. The van der Waals surface area contributed by atoms with Gasteiger partial charge in [0.05, 0.1) is 13.0 Å². The number of methoxy groups -OCH3 is 1. The normalized spacial score (nSPS) is 18.2. The van der Waals surface area contributed by atoms with Gasteiger partial charge in [0.25, 0.3) is 0 Å². The summed E-state index contributed by atoms with van der Waals surface area (Å²) in [5, 5.41) is 0. The van der Waals surface area contributed by atoms with Crippen LogP contribution in [0.5, 0.6) is 5.75 Å². The Morgan fingerprint density at radius 2 is 1.96 bits per heavy atom. The molecule has 0 saturated carbocycles. The Hall–Kier alpha value is -2.25. The molecule has 0 bridgehead atoms. The lowest BCUT2D eigenvalue weighted by atomic mass is 10.1. The second kappa shape index (κ2) is 6.47. The summed E-state index contributed by atoms with van der Waals surface area (Å²) in [5.41, 5.74) is 0.588. The van der Waals surface area contributed by atoms with Crippen molar-refractivity contribution in [1.29, 1.82) is 0 Å². The van der Waals surface area contributed by atoms with E-state index in [-0.39, 0.29) is 18.9 Å². The Morgan fingerprint density at radius 1 is 1.35 bits per heavy atom. The van der Waals surface area contributed by atoms with Gasteiger partial charge in [-0.3, -0.25) is 9.59 Å². The maximum atomic E-state index is 12.4. The van der Waals surface area contributed by atoms with Gasteiger partial charge in [-0.1, -0.05) is 0 Å². The highest BCUT2D eigenvalue weighted by molar-refractivity contribution is 6.00. The highest BCUT2D eigenvalue weighted by Gasteiger charge is 2.39. The minimum Gasteiger partial charge on any atom is -0.497 e. The third kappa shape index (κ3) is 4.14. The van der Waals surface area contributed by atoms with Crippen molar-refractivity contribution in [2.75, 3.05) is 32.1 Å². The summed E-state index contributed by atoms with van der Waals surface area (Å²) in [5.74, 6) is -1.10. The van der Waals surface area contributed by atoms with Crippen LogP contribution in [0.1, 0.15) is 6.42 Å². The monoisotopic (exact) mass is 330 g/mol.